The van der Waals surface area contributed by atoms with Gasteiger partial charge in [-0.3, -0.25) is 9.78 Å². The molecule has 0 bridgehead atoms. The van der Waals surface area contributed by atoms with Crippen molar-refractivity contribution < 1.29 is 14.1 Å². The molecule has 1 saturated heterocycles. The van der Waals surface area contributed by atoms with Gasteiger partial charge in [-0.2, -0.15) is 16.3 Å². The number of carbonyl (C=O) groups is 1. The zero-order chi connectivity index (χ0) is 19.4. The Kier molecular flexibility index (Phi) is 5.50. The van der Waals surface area contributed by atoms with Crippen molar-refractivity contribution in [3.8, 4) is 11.5 Å². The van der Waals surface area contributed by atoms with E-state index in [0.29, 0.717) is 31.4 Å². The van der Waals surface area contributed by atoms with E-state index in [9.17, 15) is 4.79 Å². The van der Waals surface area contributed by atoms with E-state index in [0.717, 1.165) is 30.4 Å². The van der Waals surface area contributed by atoms with Gasteiger partial charge in [-0.1, -0.05) is 5.16 Å². The van der Waals surface area contributed by atoms with Gasteiger partial charge in [0.1, 0.15) is 0 Å². The predicted octanol–water partition coefficient (Wildman–Crippen LogP) is 3.40. The maximum absolute atomic E-state index is 12.7. The monoisotopic (exact) mass is 398 g/mol. The van der Waals surface area contributed by atoms with Gasteiger partial charge in [0.15, 0.2) is 5.82 Å². The fourth-order valence-corrected chi connectivity index (χ4v) is 4.27. The molecule has 0 spiro atoms. The molecule has 1 amide bonds. The smallest absolute Gasteiger partial charge is 0.258 e. The molecule has 3 aromatic rings. The Bertz CT molecular complexity index is 903. The molecule has 0 aliphatic carbocycles. The Morgan fingerprint density at radius 3 is 2.75 bits per heavy atom. The summed E-state index contributed by atoms with van der Waals surface area (Å²) in [4.78, 5) is 23.3. The van der Waals surface area contributed by atoms with Gasteiger partial charge in [0, 0.05) is 55.6 Å². The first-order chi connectivity index (χ1) is 13.7. The van der Waals surface area contributed by atoms with Crippen LogP contribution in [0.15, 0.2) is 45.9 Å². The third-order valence-corrected chi connectivity index (χ3v) is 6.07. The van der Waals surface area contributed by atoms with E-state index in [1.807, 2.05) is 33.9 Å². The summed E-state index contributed by atoms with van der Waals surface area (Å²) in [5.41, 5.74) is 1.35. The summed E-state index contributed by atoms with van der Waals surface area (Å²) in [5, 5.41) is 8.13. The molecule has 7 nitrogen and oxygen atoms in total. The summed E-state index contributed by atoms with van der Waals surface area (Å²) in [6.45, 7) is 1.94. The van der Waals surface area contributed by atoms with Crippen molar-refractivity contribution >= 4 is 17.2 Å². The van der Waals surface area contributed by atoms with E-state index in [1.165, 1.54) is 11.3 Å². The molecular weight excluding hydrogens is 376 g/mol. The first-order valence-corrected chi connectivity index (χ1v) is 10.2. The summed E-state index contributed by atoms with van der Waals surface area (Å²) in [7, 11) is 1.70. The number of carbonyl (C=O) groups excluding carboxylic acids is 1. The average molecular weight is 398 g/mol. The van der Waals surface area contributed by atoms with Crippen LogP contribution in [-0.2, 0) is 10.2 Å². The molecule has 1 aliphatic heterocycles. The number of nitrogens with zero attached hydrogens (tertiary/aromatic N) is 4. The highest BCUT2D eigenvalue weighted by Gasteiger charge is 2.41. The Morgan fingerprint density at radius 2 is 2.07 bits per heavy atom. The first-order valence-electron chi connectivity index (χ1n) is 9.27. The van der Waals surface area contributed by atoms with E-state index < -0.39 is 0 Å². The van der Waals surface area contributed by atoms with E-state index in [-0.39, 0.29) is 11.3 Å². The summed E-state index contributed by atoms with van der Waals surface area (Å²) in [6, 6.07) is 5.57. The van der Waals surface area contributed by atoms with Crippen molar-refractivity contribution in [1.29, 1.82) is 0 Å². The molecule has 28 heavy (non-hydrogen) atoms. The third kappa shape index (κ3) is 3.70. The molecule has 0 unspecified atom stereocenters. The number of amides is 1. The zero-order valence-corrected chi connectivity index (χ0v) is 16.5. The maximum atomic E-state index is 12.7. The van der Waals surface area contributed by atoms with Crippen LogP contribution in [0.3, 0.4) is 0 Å². The number of hydrogen-bond donors (Lipinski definition) is 0. The Balaban J connectivity index is 1.54. The van der Waals surface area contributed by atoms with Gasteiger partial charge >= 0.3 is 0 Å². The van der Waals surface area contributed by atoms with Crippen molar-refractivity contribution in [3.05, 3.63) is 52.7 Å². The summed E-state index contributed by atoms with van der Waals surface area (Å²) in [5.74, 6) is 1.28. The third-order valence-electron chi connectivity index (χ3n) is 5.39. The Morgan fingerprint density at radius 1 is 1.29 bits per heavy atom. The summed E-state index contributed by atoms with van der Waals surface area (Å²) >= 11 is 1.54. The molecule has 0 N–H and O–H groups in total. The number of hydrogen-bond acceptors (Lipinski definition) is 7. The van der Waals surface area contributed by atoms with Crippen molar-refractivity contribution in [2.24, 2.45) is 0 Å². The normalized spacial score (nSPS) is 16.2. The first kappa shape index (κ1) is 18.8. The molecule has 1 aliphatic rings. The average Bonchev–Trinajstić information content (AvgIpc) is 3.45. The van der Waals surface area contributed by atoms with Gasteiger partial charge in [-0.25, -0.2) is 0 Å². The molecule has 1 fully saturated rings. The Labute approximate surface area is 167 Å². The second-order valence-corrected chi connectivity index (χ2v) is 7.77. The topological polar surface area (TPSA) is 81.3 Å². The summed E-state index contributed by atoms with van der Waals surface area (Å²) < 4.78 is 10.9. The maximum Gasteiger partial charge on any atom is 0.258 e. The zero-order valence-electron chi connectivity index (χ0n) is 15.7. The van der Waals surface area contributed by atoms with Crippen LogP contribution in [0.2, 0.25) is 0 Å². The molecule has 4 heterocycles. The number of pyridine rings is 1. The lowest BCUT2D eigenvalue weighted by molar-refractivity contribution is 0.0616. The van der Waals surface area contributed by atoms with Crippen LogP contribution in [0.1, 0.15) is 35.4 Å². The highest BCUT2D eigenvalue weighted by Crippen LogP contribution is 2.38. The molecular formula is C20H22N4O3S. The van der Waals surface area contributed by atoms with Crippen LogP contribution >= 0.6 is 11.3 Å². The number of aromatic nitrogens is 3. The van der Waals surface area contributed by atoms with Crippen LogP contribution < -0.4 is 0 Å². The molecule has 0 radical (unpaired) electrons. The fraction of sp³-hybridized carbons (Fsp3) is 0.400. The van der Waals surface area contributed by atoms with E-state index in [1.54, 1.807) is 19.5 Å². The van der Waals surface area contributed by atoms with Gasteiger partial charge in [-0.15, -0.1) is 0 Å². The molecule has 3 aromatic heterocycles. The van der Waals surface area contributed by atoms with E-state index >= 15 is 0 Å². The minimum absolute atomic E-state index is 0.0900. The lowest BCUT2D eigenvalue weighted by Crippen LogP contribution is -2.46. The van der Waals surface area contributed by atoms with Crippen LogP contribution in [0.4, 0.5) is 0 Å². The molecule has 146 valence electrons. The number of piperidine rings is 1. The second-order valence-electron chi connectivity index (χ2n) is 6.99. The molecule has 0 saturated carbocycles. The van der Waals surface area contributed by atoms with Gasteiger partial charge < -0.3 is 14.2 Å². The minimum Gasteiger partial charge on any atom is -0.385 e. The number of ether oxygens (including phenoxy) is 1. The standard InChI is InChI=1S/C20H22N4O3S/c1-26-12-7-20(19-22-17(27-23-19)15-2-8-21-9-3-15)5-10-24(11-6-20)18(25)16-4-13-28-14-16/h2-4,8-9,13-14H,5-7,10-12H2,1H3. The van der Waals surface area contributed by atoms with E-state index in [2.05, 4.69) is 15.1 Å². The highest BCUT2D eigenvalue weighted by atomic mass is 32.1. The quantitative estimate of drug-likeness (QED) is 0.633. The predicted molar refractivity (Wildman–Crippen MR) is 105 cm³/mol. The second kappa shape index (κ2) is 8.20. The van der Waals surface area contributed by atoms with Crippen LogP contribution in [0, 0.1) is 0 Å². The highest BCUT2D eigenvalue weighted by molar-refractivity contribution is 7.08. The van der Waals surface area contributed by atoms with Gasteiger partial charge in [-0.05, 0) is 42.8 Å². The number of methoxy groups -OCH3 is 1. The van der Waals surface area contributed by atoms with Crippen LogP contribution in [0.5, 0.6) is 0 Å². The van der Waals surface area contributed by atoms with Crippen molar-refractivity contribution in [1.82, 2.24) is 20.0 Å². The number of rotatable bonds is 6. The molecule has 4 rings (SSSR count). The molecule has 0 atom stereocenters. The lowest BCUT2D eigenvalue weighted by atomic mass is 9.75. The Hall–Kier alpha value is -2.58. The van der Waals surface area contributed by atoms with Crippen molar-refractivity contribution in [3.63, 3.8) is 0 Å². The molecule has 0 aromatic carbocycles. The van der Waals surface area contributed by atoms with Crippen molar-refractivity contribution in [2.75, 3.05) is 26.8 Å². The van der Waals surface area contributed by atoms with E-state index in [4.69, 9.17) is 9.26 Å². The van der Waals surface area contributed by atoms with Crippen LogP contribution in [0.25, 0.3) is 11.5 Å². The summed E-state index contributed by atoms with van der Waals surface area (Å²) in [6.07, 6.45) is 5.76. The van der Waals surface area contributed by atoms with Crippen molar-refractivity contribution in [2.45, 2.75) is 24.7 Å². The number of likely N-dealkylation sites (tertiary alicyclic amines) is 1. The SMILES string of the molecule is COCCC1(c2noc(-c3ccncc3)n2)CCN(C(=O)c2ccsc2)CC1. The van der Waals surface area contributed by atoms with Gasteiger partial charge in [0.25, 0.3) is 11.8 Å². The largest absolute Gasteiger partial charge is 0.385 e. The van der Waals surface area contributed by atoms with Gasteiger partial charge in [0.2, 0.25) is 0 Å². The fourth-order valence-electron chi connectivity index (χ4n) is 3.64. The number of thiophene rings is 1. The van der Waals surface area contributed by atoms with Crippen LogP contribution in [-0.4, -0.2) is 52.7 Å². The van der Waals surface area contributed by atoms with Gasteiger partial charge in [0.05, 0.1) is 5.56 Å². The molecule has 8 heteroatoms. The minimum atomic E-state index is -0.254. The lowest BCUT2D eigenvalue weighted by Gasteiger charge is -2.39.